The van der Waals surface area contributed by atoms with Crippen LogP contribution in [0.2, 0.25) is 0 Å². The second-order valence-corrected chi connectivity index (χ2v) is 6.13. The third-order valence-electron chi connectivity index (χ3n) is 3.50. The maximum atomic E-state index is 12.3. The van der Waals surface area contributed by atoms with Crippen LogP contribution in [0.5, 0.6) is 0 Å². The zero-order valence-electron chi connectivity index (χ0n) is 13.6. The minimum atomic E-state index is -0.445. The Bertz CT molecular complexity index is 940. The Morgan fingerprint density at radius 1 is 1.15 bits per heavy atom. The molecule has 0 radical (unpaired) electrons. The van der Waals surface area contributed by atoms with E-state index in [2.05, 4.69) is 15.2 Å². The van der Waals surface area contributed by atoms with Crippen molar-refractivity contribution in [3.63, 3.8) is 0 Å². The van der Waals surface area contributed by atoms with Crippen LogP contribution in [0.1, 0.15) is 16.1 Å². The maximum Gasteiger partial charge on any atom is 0.269 e. The summed E-state index contributed by atoms with van der Waals surface area (Å²) in [5.74, 6) is 0.117. The van der Waals surface area contributed by atoms with Gasteiger partial charge in [-0.25, -0.2) is 0 Å². The maximum absolute atomic E-state index is 12.3. The minimum absolute atomic E-state index is 0.0334. The van der Waals surface area contributed by atoms with Gasteiger partial charge in [0.1, 0.15) is 11.3 Å². The van der Waals surface area contributed by atoms with Gasteiger partial charge in [-0.2, -0.15) is 0 Å². The van der Waals surface area contributed by atoms with Gasteiger partial charge in [-0.3, -0.25) is 14.9 Å². The van der Waals surface area contributed by atoms with E-state index in [4.69, 9.17) is 4.52 Å². The minimum Gasteiger partial charge on any atom is -0.361 e. The fourth-order valence-electron chi connectivity index (χ4n) is 2.14. The van der Waals surface area contributed by atoms with Crippen LogP contribution < -0.4 is 10.0 Å². The molecule has 3 rings (SSSR count). The summed E-state index contributed by atoms with van der Waals surface area (Å²) >= 11 is 1.28. The van der Waals surface area contributed by atoms with Crippen molar-refractivity contribution in [1.82, 2.24) is 5.16 Å². The molecule has 132 valence electrons. The Morgan fingerprint density at radius 2 is 1.85 bits per heavy atom. The summed E-state index contributed by atoms with van der Waals surface area (Å²) < 4.78 is 8.04. The first-order valence-electron chi connectivity index (χ1n) is 7.53. The molecule has 0 aliphatic carbocycles. The number of carbonyl (C=O) groups is 1. The molecule has 9 heteroatoms. The van der Waals surface area contributed by atoms with E-state index in [1.807, 2.05) is 12.1 Å². The second-order valence-electron chi connectivity index (χ2n) is 5.25. The Labute approximate surface area is 152 Å². The number of hydrogen-bond donors (Lipinski definition) is 2. The highest BCUT2D eigenvalue weighted by atomic mass is 32.2. The van der Waals surface area contributed by atoms with Crippen LogP contribution in [0.3, 0.4) is 0 Å². The van der Waals surface area contributed by atoms with Crippen molar-refractivity contribution in [3.05, 3.63) is 76.2 Å². The van der Waals surface area contributed by atoms with Gasteiger partial charge in [-0.05, 0) is 43.1 Å². The first kappa shape index (κ1) is 17.5. The number of aryl methyl sites for hydroxylation is 1. The molecule has 8 nitrogen and oxygen atoms in total. The summed E-state index contributed by atoms with van der Waals surface area (Å²) in [5, 5.41) is 17.1. The average molecular weight is 370 g/mol. The molecule has 1 aromatic heterocycles. The lowest BCUT2D eigenvalue weighted by Gasteiger charge is -2.12. The summed E-state index contributed by atoms with van der Waals surface area (Å²) in [6.45, 7) is 1.66. The quantitative estimate of drug-likeness (QED) is 0.379. The van der Waals surface area contributed by atoms with Crippen LogP contribution >= 0.6 is 11.9 Å². The molecule has 0 saturated heterocycles. The van der Waals surface area contributed by atoms with Crippen molar-refractivity contribution >= 4 is 34.9 Å². The summed E-state index contributed by atoms with van der Waals surface area (Å²) in [4.78, 5) is 23.4. The molecule has 0 spiro atoms. The predicted molar refractivity (Wildman–Crippen MR) is 98.2 cm³/mol. The van der Waals surface area contributed by atoms with Crippen molar-refractivity contribution in [2.75, 3.05) is 10.0 Å². The summed E-state index contributed by atoms with van der Waals surface area (Å²) in [6.07, 6.45) is 1.37. The van der Waals surface area contributed by atoms with Gasteiger partial charge in [0.05, 0.1) is 22.5 Å². The molecular formula is C17H14N4O4S. The van der Waals surface area contributed by atoms with Gasteiger partial charge in [-0.15, -0.1) is 0 Å². The van der Waals surface area contributed by atoms with E-state index >= 15 is 0 Å². The summed E-state index contributed by atoms with van der Waals surface area (Å²) in [5.41, 5.74) is 1.68. The monoisotopic (exact) mass is 370 g/mol. The normalized spacial score (nSPS) is 10.3. The molecule has 0 unspecified atom stereocenters. The lowest BCUT2D eigenvalue weighted by atomic mass is 10.2. The second kappa shape index (κ2) is 7.70. The average Bonchev–Trinajstić information content (AvgIpc) is 3.07. The number of aromatic nitrogens is 1. The van der Waals surface area contributed by atoms with Crippen LogP contribution in [-0.4, -0.2) is 16.0 Å². The van der Waals surface area contributed by atoms with Crippen molar-refractivity contribution in [2.24, 2.45) is 0 Å². The topological polar surface area (TPSA) is 110 Å². The third-order valence-corrected chi connectivity index (χ3v) is 4.33. The van der Waals surface area contributed by atoms with Gasteiger partial charge in [0.25, 0.3) is 11.6 Å². The fraction of sp³-hybridized carbons (Fsp3) is 0.0588. The lowest BCUT2D eigenvalue weighted by Crippen LogP contribution is -2.13. The number of anilines is 2. The van der Waals surface area contributed by atoms with Crippen molar-refractivity contribution in [1.29, 1.82) is 0 Å². The van der Waals surface area contributed by atoms with Crippen LogP contribution in [0.25, 0.3) is 0 Å². The number of carbonyl (C=O) groups excluding carboxylic acids is 1. The van der Waals surface area contributed by atoms with Gasteiger partial charge in [0.15, 0.2) is 0 Å². The Balaban J connectivity index is 1.70. The highest BCUT2D eigenvalue weighted by Crippen LogP contribution is 2.28. The standard InChI is InChI=1S/C17H14N4O4S/c1-11-14(10-18-25-11)17(22)19-15-4-2-3-5-16(15)20-26-13-8-6-12(7-9-13)21(23)24/h2-10,20H,1H3,(H,19,22). The molecule has 1 heterocycles. The number of nitrogens with one attached hydrogen (secondary N) is 2. The molecule has 0 atom stereocenters. The Morgan fingerprint density at radius 3 is 2.46 bits per heavy atom. The van der Waals surface area contributed by atoms with Crippen LogP contribution in [0.4, 0.5) is 17.1 Å². The molecule has 0 fully saturated rings. The molecule has 26 heavy (non-hydrogen) atoms. The molecule has 2 aromatic carbocycles. The first-order valence-corrected chi connectivity index (χ1v) is 8.35. The molecule has 0 saturated carbocycles. The van der Waals surface area contributed by atoms with Crippen molar-refractivity contribution in [3.8, 4) is 0 Å². The molecule has 0 bridgehead atoms. The summed E-state index contributed by atoms with van der Waals surface area (Å²) in [6, 6.07) is 13.4. The van der Waals surface area contributed by atoms with Gasteiger partial charge in [0.2, 0.25) is 0 Å². The molecule has 3 aromatic rings. The van der Waals surface area contributed by atoms with Gasteiger partial charge >= 0.3 is 0 Å². The van der Waals surface area contributed by atoms with E-state index in [0.29, 0.717) is 22.7 Å². The number of amides is 1. The van der Waals surface area contributed by atoms with Crippen LogP contribution in [0.15, 0.2) is 64.1 Å². The molecule has 2 N–H and O–H groups in total. The smallest absolute Gasteiger partial charge is 0.269 e. The largest absolute Gasteiger partial charge is 0.361 e. The highest BCUT2D eigenvalue weighted by Gasteiger charge is 2.14. The Kier molecular flexibility index (Phi) is 5.18. The van der Waals surface area contributed by atoms with Crippen LogP contribution in [-0.2, 0) is 0 Å². The fourth-order valence-corrected chi connectivity index (χ4v) is 2.82. The Hall–Kier alpha value is -3.33. The predicted octanol–water partition coefficient (Wildman–Crippen LogP) is 4.26. The lowest BCUT2D eigenvalue weighted by molar-refractivity contribution is -0.384. The number of benzene rings is 2. The number of rotatable bonds is 6. The van der Waals surface area contributed by atoms with Gasteiger partial charge in [-0.1, -0.05) is 17.3 Å². The van der Waals surface area contributed by atoms with Crippen LogP contribution in [0, 0.1) is 17.0 Å². The highest BCUT2D eigenvalue weighted by molar-refractivity contribution is 8.00. The van der Waals surface area contributed by atoms with E-state index in [1.165, 1.54) is 30.3 Å². The number of nitrogens with zero attached hydrogens (tertiary/aromatic N) is 2. The number of hydrogen-bond acceptors (Lipinski definition) is 7. The van der Waals surface area contributed by atoms with E-state index in [9.17, 15) is 14.9 Å². The van der Waals surface area contributed by atoms with Gasteiger partial charge in [0, 0.05) is 17.0 Å². The third kappa shape index (κ3) is 4.01. The summed E-state index contributed by atoms with van der Waals surface area (Å²) in [7, 11) is 0. The van der Waals surface area contributed by atoms with E-state index in [1.54, 1.807) is 31.2 Å². The first-order chi connectivity index (χ1) is 12.5. The van der Waals surface area contributed by atoms with E-state index in [-0.39, 0.29) is 11.6 Å². The van der Waals surface area contributed by atoms with E-state index in [0.717, 1.165) is 4.90 Å². The molecule has 0 aliphatic heterocycles. The number of non-ortho nitro benzene ring substituents is 1. The SMILES string of the molecule is Cc1oncc1C(=O)Nc1ccccc1NSc1ccc([N+](=O)[O-])cc1. The zero-order valence-corrected chi connectivity index (χ0v) is 14.4. The van der Waals surface area contributed by atoms with Crippen molar-refractivity contribution in [2.45, 2.75) is 11.8 Å². The zero-order chi connectivity index (χ0) is 18.5. The molecular weight excluding hydrogens is 356 g/mol. The van der Waals surface area contributed by atoms with Crippen molar-refractivity contribution < 1.29 is 14.2 Å². The van der Waals surface area contributed by atoms with Gasteiger partial charge < -0.3 is 14.6 Å². The van der Waals surface area contributed by atoms with E-state index < -0.39 is 4.92 Å². The molecule has 1 amide bonds. The number of nitro benzene ring substituents is 1. The number of nitro groups is 1. The number of para-hydroxylation sites is 2. The molecule has 0 aliphatic rings.